The summed E-state index contributed by atoms with van der Waals surface area (Å²) >= 11 is 0. The van der Waals surface area contributed by atoms with Crippen LogP contribution in [0.3, 0.4) is 0 Å². The van der Waals surface area contributed by atoms with Gasteiger partial charge in [-0.25, -0.2) is 0 Å². The van der Waals surface area contributed by atoms with E-state index in [-0.39, 0.29) is 12.2 Å². The lowest BCUT2D eigenvalue weighted by Crippen LogP contribution is -2.65. The van der Waals surface area contributed by atoms with E-state index in [9.17, 15) is 4.79 Å². The Morgan fingerprint density at radius 1 is 1.29 bits per heavy atom. The van der Waals surface area contributed by atoms with E-state index >= 15 is 0 Å². The SMILES string of the molecule is CC(=O)N(CC(C)C)C1NCN(c2ccc(C)cc2)CN1. The summed E-state index contributed by atoms with van der Waals surface area (Å²) < 4.78 is 0. The Labute approximate surface area is 127 Å². The van der Waals surface area contributed by atoms with Crippen LogP contribution in [0.4, 0.5) is 5.69 Å². The van der Waals surface area contributed by atoms with Crippen LogP contribution >= 0.6 is 0 Å². The van der Waals surface area contributed by atoms with Gasteiger partial charge in [-0.2, -0.15) is 0 Å². The van der Waals surface area contributed by atoms with Crippen molar-refractivity contribution >= 4 is 11.6 Å². The molecule has 1 aliphatic rings. The summed E-state index contributed by atoms with van der Waals surface area (Å²) in [7, 11) is 0. The van der Waals surface area contributed by atoms with Crippen LogP contribution in [0.1, 0.15) is 26.3 Å². The van der Waals surface area contributed by atoms with Gasteiger partial charge in [-0.15, -0.1) is 0 Å². The van der Waals surface area contributed by atoms with Gasteiger partial charge in [0.2, 0.25) is 5.91 Å². The van der Waals surface area contributed by atoms with E-state index < -0.39 is 0 Å². The van der Waals surface area contributed by atoms with Crippen LogP contribution in [0.15, 0.2) is 24.3 Å². The number of rotatable bonds is 4. The van der Waals surface area contributed by atoms with Gasteiger partial charge in [0.1, 0.15) is 6.29 Å². The molecule has 2 rings (SSSR count). The maximum atomic E-state index is 11.8. The molecular formula is C16H26N4O. The molecule has 1 saturated heterocycles. The third-order valence-electron chi connectivity index (χ3n) is 3.63. The minimum atomic E-state index is -0.0911. The topological polar surface area (TPSA) is 47.6 Å². The van der Waals surface area contributed by atoms with Crippen molar-refractivity contribution < 1.29 is 4.79 Å². The highest BCUT2D eigenvalue weighted by Gasteiger charge is 2.25. The first-order chi connectivity index (χ1) is 9.97. The minimum absolute atomic E-state index is 0.0911. The largest absolute Gasteiger partial charge is 0.346 e. The molecule has 116 valence electrons. The standard InChI is InChI=1S/C16H26N4O/c1-12(2)9-20(14(4)21)16-17-10-19(11-18-16)15-7-5-13(3)6-8-15/h5-8,12,16-18H,9-11H2,1-4H3. The van der Waals surface area contributed by atoms with Crippen LogP contribution in [0, 0.1) is 12.8 Å². The molecule has 1 amide bonds. The van der Waals surface area contributed by atoms with Crippen LogP contribution in [0.5, 0.6) is 0 Å². The third kappa shape index (κ3) is 4.19. The van der Waals surface area contributed by atoms with Gasteiger partial charge >= 0.3 is 0 Å². The fourth-order valence-corrected chi connectivity index (χ4v) is 2.49. The van der Waals surface area contributed by atoms with Gasteiger partial charge in [0.05, 0.1) is 13.3 Å². The van der Waals surface area contributed by atoms with Crippen LogP contribution in [0.2, 0.25) is 0 Å². The number of hydrogen-bond donors (Lipinski definition) is 2. The van der Waals surface area contributed by atoms with Gasteiger partial charge in [0.25, 0.3) is 0 Å². The Bertz CT molecular complexity index is 464. The Morgan fingerprint density at radius 2 is 1.86 bits per heavy atom. The molecule has 0 aromatic heterocycles. The third-order valence-corrected chi connectivity index (χ3v) is 3.63. The highest BCUT2D eigenvalue weighted by Crippen LogP contribution is 2.15. The zero-order chi connectivity index (χ0) is 15.4. The number of nitrogens with one attached hydrogen (secondary N) is 2. The van der Waals surface area contributed by atoms with Gasteiger partial charge in [-0.05, 0) is 25.0 Å². The second kappa shape index (κ2) is 6.91. The molecule has 0 saturated carbocycles. The van der Waals surface area contributed by atoms with E-state index in [4.69, 9.17) is 0 Å². The first kappa shape index (κ1) is 15.8. The highest BCUT2D eigenvalue weighted by atomic mass is 16.2. The molecular weight excluding hydrogens is 264 g/mol. The van der Waals surface area contributed by atoms with Crippen molar-refractivity contribution in [2.24, 2.45) is 5.92 Å². The van der Waals surface area contributed by atoms with Crippen molar-refractivity contribution in [3.8, 4) is 0 Å². The van der Waals surface area contributed by atoms with E-state index in [1.54, 1.807) is 6.92 Å². The Morgan fingerprint density at radius 3 is 2.33 bits per heavy atom. The summed E-state index contributed by atoms with van der Waals surface area (Å²) in [5.74, 6) is 0.546. The predicted molar refractivity (Wildman–Crippen MR) is 85.7 cm³/mol. The average molecular weight is 290 g/mol. The molecule has 1 aliphatic heterocycles. The normalized spacial score (nSPS) is 16.3. The summed E-state index contributed by atoms with van der Waals surface area (Å²) in [4.78, 5) is 15.9. The fourth-order valence-electron chi connectivity index (χ4n) is 2.49. The molecule has 21 heavy (non-hydrogen) atoms. The minimum Gasteiger partial charge on any atom is -0.346 e. The molecule has 1 aromatic carbocycles. The Kier molecular flexibility index (Phi) is 5.20. The van der Waals surface area contributed by atoms with Crippen LogP contribution < -0.4 is 15.5 Å². The highest BCUT2D eigenvalue weighted by molar-refractivity contribution is 5.73. The van der Waals surface area contributed by atoms with Crippen LogP contribution in [-0.4, -0.2) is 37.0 Å². The molecule has 5 nitrogen and oxygen atoms in total. The number of amides is 1. The predicted octanol–water partition coefficient (Wildman–Crippen LogP) is 1.70. The smallest absolute Gasteiger partial charge is 0.221 e. The lowest BCUT2D eigenvalue weighted by molar-refractivity contribution is -0.133. The van der Waals surface area contributed by atoms with Crippen molar-refractivity contribution in [2.45, 2.75) is 34.0 Å². The van der Waals surface area contributed by atoms with Crippen molar-refractivity contribution in [1.29, 1.82) is 0 Å². The van der Waals surface area contributed by atoms with Gasteiger partial charge < -0.3 is 9.80 Å². The van der Waals surface area contributed by atoms with E-state index in [2.05, 4.69) is 60.6 Å². The zero-order valence-electron chi connectivity index (χ0n) is 13.4. The number of anilines is 1. The maximum Gasteiger partial charge on any atom is 0.221 e. The van der Waals surface area contributed by atoms with Crippen LogP contribution in [-0.2, 0) is 4.79 Å². The number of carbonyl (C=O) groups excluding carboxylic acids is 1. The quantitative estimate of drug-likeness (QED) is 0.886. The Hall–Kier alpha value is -1.59. The summed E-state index contributed by atoms with van der Waals surface area (Å²) in [5, 5.41) is 6.78. The molecule has 5 heteroatoms. The Balaban J connectivity index is 1.95. The van der Waals surface area contributed by atoms with E-state index in [0.717, 1.165) is 19.9 Å². The van der Waals surface area contributed by atoms with Gasteiger partial charge in [-0.1, -0.05) is 31.5 Å². The first-order valence-corrected chi connectivity index (χ1v) is 7.53. The van der Waals surface area contributed by atoms with Crippen molar-refractivity contribution in [1.82, 2.24) is 15.5 Å². The summed E-state index contributed by atoms with van der Waals surface area (Å²) in [6.45, 7) is 10.2. The van der Waals surface area contributed by atoms with E-state index in [1.165, 1.54) is 11.3 Å². The van der Waals surface area contributed by atoms with Gasteiger partial charge in [-0.3, -0.25) is 15.4 Å². The number of aryl methyl sites for hydroxylation is 1. The molecule has 0 radical (unpaired) electrons. The van der Waals surface area contributed by atoms with Gasteiger partial charge in [0, 0.05) is 19.2 Å². The maximum absolute atomic E-state index is 11.8. The summed E-state index contributed by atoms with van der Waals surface area (Å²) in [6, 6.07) is 8.47. The van der Waals surface area contributed by atoms with Crippen molar-refractivity contribution in [3.05, 3.63) is 29.8 Å². The molecule has 1 heterocycles. The monoisotopic (exact) mass is 290 g/mol. The van der Waals surface area contributed by atoms with Crippen molar-refractivity contribution in [3.63, 3.8) is 0 Å². The lowest BCUT2D eigenvalue weighted by Gasteiger charge is -2.41. The number of benzene rings is 1. The molecule has 0 spiro atoms. The number of carbonyl (C=O) groups is 1. The molecule has 0 bridgehead atoms. The molecule has 1 fully saturated rings. The second-order valence-electron chi connectivity index (χ2n) is 6.07. The first-order valence-electron chi connectivity index (χ1n) is 7.53. The number of hydrogen-bond acceptors (Lipinski definition) is 4. The average Bonchev–Trinajstić information content (AvgIpc) is 2.45. The summed E-state index contributed by atoms with van der Waals surface area (Å²) in [6.07, 6.45) is -0.0911. The zero-order valence-corrected chi connectivity index (χ0v) is 13.4. The van der Waals surface area contributed by atoms with E-state index in [1.807, 2.05) is 4.90 Å². The lowest BCUT2D eigenvalue weighted by atomic mass is 10.2. The fraction of sp³-hybridized carbons (Fsp3) is 0.562. The van der Waals surface area contributed by atoms with Crippen molar-refractivity contribution in [2.75, 3.05) is 24.8 Å². The van der Waals surface area contributed by atoms with Crippen LogP contribution in [0.25, 0.3) is 0 Å². The molecule has 0 atom stereocenters. The molecule has 1 aromatic rings. The number of nitrogens with zero attached hydrogens (tertiary/aromatic N) is 2. The molecule has 0 unspecified atom stereocenters. The summed E-state index contributed by atoms with van der Waals surface area (Å²) in [5.41, 5.74) is 2.44. The van der Waals surface area contributed by atoms with Gasteiger partial charge in [0.15, 0.2) is 0 Å². The van der Waals surface area contributed by atoms with E-state index in [0.29, 0.717) is 5.92 Å². The molecule has 0 aliphatic carbocycles. The molecule has 2 N–H and O–H groups in total. The second-order valence-corrected chi connectivity index (χ2v) is 6.07.